The quantitative estimate of drug-likeness (QED) is 0.268. The number of nitrogens with one attached hydrogen (secondary N) is 2. The zero-order valence-corrected chi connectivity index (χ0v) is 23.3. The highest BCUT2D eigenvalue weighted by atomic mass is 19.1. The number of pyridine rings is 2. The van der Waals surface area contributed by atoms with E-state index < -0.39 is 24.2 Å². The van der Waals surface area contributed by atoms with Crippen molar-refractivity contribution < 1.29 is 8.78 Å². The lowest BCUT2D eigenvalue weighted by Crippen LogP contribution is -2.29. The van der Waals surface area contributed by atoms with E-state index in [0.29, 0.717) is 56.9 Å². The summed E-state index contributed by atoms with van der Waals surface area (Å²) in [5.41, 5.74) is 2.73. The Morgan fingerprint density at radius 3 is 2.42 bits per heavy atom. The van der Waals surface area contributed by atoms with Gasteiger partial charge in [-0.1, -0.05) is 32.1 Å². The van der Waals surface area contributed by atoms with E-state index in [0.717, 1.165) is 0 Å². The second kappa shape index (κ2) is 10.9. The topological polar surface area (TPSA) is 128 Å². The summed E-state index contributed by atoms with van der Waals surface area (Å²) >= 11 is 0. The van der Waals surface area contributed by atoms with Crippen molar-refractivity contribution in [2.45, 2.75) is 53.1 Å². The maximum absolute atomic E-state index is 13.9. The molecule has 9 nitrogen and oxygen atoms in total. The van der Waals surface area contributed by atoms with E-state index in [1.54, 1.807) is 39.1 Å². The number of hydrogen-bond acceptors (Lipinski definition) is 8. The van der Waals surface area contributed by atoms with Crippen molar-refractivity contribution in [3.05, 3.63) is 70.7 Å². The number of fused-ring (bicyclic) bond motifs is 1. The Bertz CT molecular complexity index is 1640. The molecule has 2 N–H and O–H groups in total. The van der Waals surface area contributed by atoms with Gasteiger partial charge in [0.2, 0.25) is 5.95 Å². The number of aryl methyl sites for hydroxylation is 1. The van der Waals surface area contributed by atoms with Gasteiger partial charge in [-0.15, -0.1) is 5.10 Å². The monoisotopic (exact) mass is 543 g/mol. The number of anilines is 2. The third kappa shape index (κ3) is 5.84. The highest BCUT2D eigenvalue weighted by Crippen LogP contribution is 2.34. The van der Waals surface area contributed by atoms with Gasteiger partial charge in [-0.05, 0) is 44.4 Å². The highest BCUT2D eigenvalue weighted by molar-refractivity contribution is 5.99. The largest absolute Gasteiger partial charge is 0.383 e. The maximum Gasteiger partial charge on any atom is 0.213 e. The second-order valence-electron chi connectivity index (χ2n) is 11.5. The molecule has 0 spiro atoms. The molecule has 11 heteroatoms. The minimum absolute atomic E-state index is 0.0757. The van der Waals surface area contributed by atoms with Crippen LogP contribution in [0.25, 0.3) is 10.9 Å². The first-order chi connectivity index (χ1) is 18.9. The molecule has 0 aliphatic rings. The molecule has 0 amide bonds. The van der Waals surface area contributed by atoms with E-state index in [1.165, 1.54) is 16.9 Å². The number of nitrogens with zero attached hydrogens (tertiary/aromatic N) is 7. The Labute approximate surface area is 231 Å². The first-order valence-corrected chi connectivity index (χ1v) is 12.8. The number of aromatic nitrogens is 5. The van der Waals surface area contributed by atoms with Crippen LogP contribution in [0.1, 0.15) is 68.7 Å². The lowest BCUT2D eigenvalue weighted by molar-refractivity contribution is 0.232. The van der Waals surface area contributed by atoms with Crippen LogP contribution >= 0.6 is 0 Å². The molecule has 0 unspecified atom stereocenters. The molecule has 0 bridgehead atoms. The minimum Gasteiger partial charge on any atom is -0.383 e. The van der Waals surface area contributed by atoms with Gasteiger partial charge in [0.05, 0.1) is 40.1 Å². The Kier molecular flexibility index (Phi) is 7.70. The van der Waals surface area contributed by atoms with E-state index in [2.05, 4.69) is 63.8 Å². The van der Waals surface area contributed by atoms with E-state index in [4.69, 9.17) is 0 Å². The summed E-state index contributed by atoms with van der Waals surface area (Å²) in [6.45, 7) is 11.2. The fraction of sp³-hybridized carbons (Fsp3) is 0.379. The van der Waals surface area contributed by atoms with Gasteiger partial charge < -0.3 is 10.6 Å². The summed E-state index contributed by atoms with van der Waals surface area (Å²) in [6.07, 6.45) is 3.10. The number of alkyl halides is 1. The van der Waals surface area contributed by atoms with Gasteiger partial charge in [-0.2, -0.15) is 14.9 Å². The van der Waals surface area contributed by atoms with E-state index in [1.807, 2.05) is 6.07 Å². The van der Waals surface area contributed by atoms with Crippen molar-refractivity contribution in [1.82, 2.24) is 25.0 Å². The minimum atomic E-state index is -0.921. The molecule has 206 valence electrons. The summed E-state index contributed by atoms with van der Waals surface area (Å²) in [6, 6.07) is 10.0. The molecular weight excluding hydrogens is 512 g/mol. The Morgan fingerprint density at radius 1 is 1.07 bits per heavy atom. The van der Waals surface area contributed by atoms with Crippen molar-refractivity contribution in [3.8, 4) is 12.1 Å². The molecule has 3 heterocycles. The smallest absolute Gasteiger partial charge is 0.213 e. The lowest BCUT2D eigenvalue weighted by Gasteiger charge is -2.23. The first-order valence-electron chi connectivity index (χ1n) is 12.8. The molecule has 0 radical (unpaired) electrons. The van der Waals surface area contributed by atoms with Crippen LogP contribution in [0.2, 0.25) is 0 Å². The van der Waals surface area contributed by atoms with Crippen LogP contribution < -0.4 is 10.6 Å². The average molecular weight is 544 g/mol. The Morgan fingerprint density at radius 2 is 1.80 bits per heavy atom. The predicted octanol–water partition coefficient (Wildman–Crippen LogP) is 5.78. The lowest BCUT2D eigenvalue weighted by atomic mass is 9.96. The molecule has 0 aliphatic heterocycles. The molecular formula is C29H31F2N9. The van der Waals surface area contributed by atoms with Crippen LogP contribution in [0.4, 0.5) is 20.2 Å². The van der Waals surface area contributed by atoms with Gasteiger partial charge >= 0.3 is 0 Å². The van der Waals surface area contributed by atoms with Gasteiger partial charge in [-0.3, -0.25) is 4.98 Å². The molecule has 1 atom stereocenters. The molecule has 0 saturated carbocycles. The Hall–Kier alpha value is -4.64. The molecule has 0 aliphatic carbocycles. The zero-order chi connectivity index (χ0) is 29.2. The second-order valence-corrected chi connectivity index (χ2v) is 11.5. The van der Waals surface area contributed by atoms with E-state index in [-0.39, 0.29) is 5.41 Å². The van der Waals surface area contributed by atoms with Gasteiger partial charge in [0.1, 0.15) is 24.5 Å². The molecule has 1 aromatic carbocycles. The molecule has 0 fully saturated rings. The van der Waals surface area contributed by atoms with Crippen LogP contribution in [0.15, 0.2) is 36.7 Å². The fourth-order valence-electron chi connectivity index (χ4n) is 4.19. The zero-order valence-electron chi connectivity index (χ0n) is 23.3. The van der Waals surface area contributed by atoms with Crippen LogP contribution in [0.5, 0.6) is 0 Å². The van der Waals surface area contributed by atoms with Gasteiger partial charge in [0.25, 0.3) is 0 Å². The number of hydrogen-bond donors (Lipinski definition) is 2. The van der Waals surface area contributed by atoms with Crippen molar-refractivity contribution in [2.75, 3.05) is 23.9 Å². The number of halogens is 2. The van der Waals surface area contributed by atoms with Crippen molar-refractivity contribution in [3.63, 3.8) is 0 Å². The van der Waals surface area contributed by atoms with Crippen LogP contribution in [0.3, 0.4) is 0 Å². The van der Waals surface area contributed by atoms with E-state index >= 15 is 0 Å². The fourth-order valence-corrected chi connectivity index (χ4v) is 4.19. The summed E-state index contributed by atoms with van der Waals surface area (Å²) < 4.78 is 29.0. The summed E-state index contributed by atoms with van der Waals surface area (Å²) in [7, 11) is 0. The first kappa shape index (κ1) is 28.4. The summed E-state index contributed by atoms with van der Waals surface area (Å²) in [5, 5.41) is 35.6. The van der Waals surface area contributed by atoms with Gasteiger partial charge in [-0.25, -0.2) is 14.1 Å². The molecule has 40 heavy (non-hydrogen) atoms. The molecule has 3 aromatic heterocycles. The van der Waals surface area contributed by atoms with Crippen LogP contribution in [-0.2, 0) is 5.54 Å². The third-order valence-corrected chi connectivity index (χ3v) is 6.48. The van der Waals surface area contributed by atoms with E-state index in [9.17, 15) is 19.3 Å². The average Bonchev–Trinajstić information content (AvgIpc) is 3.41. The van der Waals surface area contributed by atoms with Gasteiger partial charge in [0, 0.05) is 35.1 Å². The predicted molar refractivity (Wildman–Crippen MR) is 149 cm³/mol. The standard InChI is InChI=1S/C29H31F2N9/c1-17-21(7-8-24(31)36-17)27(23-14-40(39-38-23)29(5,6)15-30)37-20-9-18(11-32)25-22(10-20)26(19(12-33)13-34-25)35-16-28(2,3)4/h7-10,13-14,27,37H,15-16H2,1-6H3,(H,34,35)/t27-/m0/s1. The van der Waals surface area contributed by atoms with Crippen molar-refractivity contribution in [1.29, 1.82) is 10.5 Å². The van der Waals surface area contributed by atoms with Crippen molar-refractivity contribution in [2.24, 2.45) is 5.41 Å². The summed E-state index contributed by atoms with van der Waals surface area (Å²) in [5.74, 6) is -0.621. The summed E-state index contributed by atoms with van der Waals surface area (Å²) in [4.78, 5) is 8.37. The van der Waals surface area contributed by atoms with Crippen LogP contribution in [0, 0.1) is 40.9 Å². The number of rotatable bonds is 8. The maximum atomic E-state index is 13.9. The van der Waals surface area contributed by atoms with Crippen molar-refractivity contribution >= 4 is 22.3 Å². The molecule has 4 rings (SSSR count). The van der Waals surface area contributed by atoms with Gasteiger partial charge in [0.15, 0.2) is 0 Å². The SMILES string of the molecule is Cc1nc(F)ccc1[C@H](Nc1cc(C#N)c2ncc(C#N)c(NCC(C)(C)C)c2c1)c1cn(C(C)(C)CF)nn1. The number of benzene rings is 1. The molecule has 0 saturated heterocycles. The van der Waals surface area contributed by atoms with Crippen LogP contribution in [-0.4, -0.2) is 38.2 Å². The third-order valence-electron chi connectivity index (χ3n) is 6.48. The number of nitriles is 2. The Balaban J connectivity index is 1.88. The molecule has 4 aromatic rings. The highest BCUT2D eigenvalue weighted by Gasteiger charge is 2.27. The normalized spacial score (nSPS) is 12.6.